The second kappa shape index (κ2) is 11.4. The van der Waals surface area contributed by atoms with Crippen LogP contribution in [0.15, 0.2) is 48.5 Å². The van der Waals surface area contributed by atoms with Gasteiger partial charge in [0.2, 0.25) is 5.91 Å². The van der Waals surface area contributed by atoms with Crippen molar-refractivity contribution in [3.63, 3.8) is 0 Å². The molecule has 0 atom stereocenters. The van der Waals surface area contributed by atoms with Crippen LogP contribution in [0.3, 0.4) is 0 Å². The average molecular weight is 438 g/mol. The smallest absolute Gasteiger partial charge is 0.224 e. The van der Waals surface area contributed by atoms with Gasteiger partial charge in [-0.2, -0.15) is 0 Å². The van der Waals surface area contributed by atoms with Gasteiger partial charge in [0.25, 0.3) is 0 Å². The Morgan fingerprint density at radius 3 is 2.28 bits per heavy atom. The first-order chi connectivity index (χ1) is 15.4. The lowest BCUT2D eigenvalue weighted by molar-refractivity contribution is -0.116. The number of nitrogens with zero attached hydrogens (tertiary/aromatic N) is 2. The van der Waals surface area contributed by atoms with E-state index < -0.39 is 0 Å². The van der Waals surface area contributed by atoms with Gasteiger partial charge in [0.05, 0.1) is 12.8 Å². The number of anilines is 2. The zero-order valence-corrected chi connectivity index (χ0v) is 20.2. The summed E-state index contributed by atoms with van der Waals surface area (Å²) < 4.78 is 5.50. The van der Waals surface area contributed by atoms with Crippen LogP contribution in [0.2, 0.25) is 0 Å². The Morgan fingerprint density at radius 1 is 0.938 bits per heavy atom. The fraction of sp³-hybridized carbons (Fsp3) is 0.519. The van der Waals surface area contributed by atoms with Gasteiger partial charge < -0.3 is 15.0 Å². The third-order valence-corrected chi connectivity index (χ3v) is 6.21. The Balaban J connectivity index is 1.29. The average Bonchev–Trinajstić information content (AvgIpc) is 2.79. The van der Waals surface area contributed by atoms with Gasteiger partial charge >= 0.3 is 0 Å². The number of carbonyl (C=O) groups excluding carboxylic acids is 1. The highest BCUT2D eigenvalue weighted by atomic mass is 16.5. The summed E-state index contributed by atoms with van der Waals surface area (Å²) in [6, 6.07) is 16.5. The van der Waals surface area contributed by atoms with Crippen LogP contribution < -0.4 is 15.0 Å². The van der Waals surface area contributed by atoms with Crippen molar-refractivity contribution in [2.75, 3.05) is 50.1 Å². The summed E-state index contributed by atoms with van der Waals surface area (Å²) in [6.45, 7) is 11.9. The van der Waals surface area contributed by atoms with Crippen LogP contribution in [0.5, 0.6) is 5.75 Å². The largest absolute Gasteiger partial charge is 0.495 e. The van der Waals surface area contributed by atoms with E-state index in [4.69, 9.17) is 4.74 Å². The molecule has 0 aromatic heterocycles. The highest BCUT2D eigenvalue weighted by molar-refractivity contribution is 5.90. The molecular weight excluding hydrogens is 398 g/mol. The number of hydrogen-bond donors (Lipinski definition) is 1. The van der Waals surface area contributed by atoms with Crippen LogP contribution in [0.1, 0.15) is 52.0 Å². The minimum Gasteiger partial charge on any atom is -0.495 e. The number of amides is 1. The second-order valence-electron chi connectivity index (χ2n) is 9.69. The summed E-state index contributed by atoms with van der Waals surface area (Å²) in [7, 11) is 1.73. The molecule has 1 aliphatic rings. The molecule has 0 radical (unpaired) electrons. The molecule has 174 valence electrons. The molecule has 0 aliphatic carbocycles. The van der Waals surface area contributed by atoms with E-state index in [9.17, 15) is 4.79 Å². The molecule has 2 aromatic rings. The molecule has 0 bridgehead atoms. The van der Waals surface area contributed by atoms with E-state index in [0.717, 1.165) is 63.4 Å². The number of rotatable bonds is 9. The minimum absolute atomic E-state index is 0.110. The number of piperazine rings is 1. The second-order valence-corrected chi connectivity index (χ2v) is 9.69. The van der Waals surface area contributed by atoms with E-state index >= 15 is 0 Å². The number of ether oxygens (including phenoxy) is 1. The Morgan fingerprint density at radius 2 is 1.62 bits per heavy atom. The zero-order valence-electron chi connectivity index (χ0n) is 20.2. The normalized spacial score (nSPS) is 14.9. The van der Waals surface area contributed by atoms with Crippen LogP contribution in [0.4, 0.5) is 11.4 Å². The molecule has 1 amide bonds. The Hall–Kier alpha value is -2.53. The molecule has 2 aromatic carbocycles. The lowest BCUT2D eigenvalue weighted by Gasteiger charge is -2.36. The molecule has 0 spiro atoms. The topological polar surface area (TPSA) is 44.8 Å². The maximum atomic E-state index is 12.2. The van der Waals surface area contributed by atoms with Crippen molar-refractivity contribution in [2.45, 2.75) is 51.9 Å². The lowest BCUT2D eigenvalue weighted by Crippen LogP contribution is -2.46. The van der Waals surface area contributed by atoms with E-state index in [1.165, 1.54) is 11.3 Å². The minimum atomic E-state index is 0.110. The van der Waals surface area contributed by atoms with Crippen molar-refractivity contribution >= 4 is 17.3 Å². The predicted octanol–water partition coefficient (Wildman–Crippen LogP) is 5.31. The Labute approximate surface area is 193 Å². The number of methoxy groups -OCH3 is 1. The van der Waals surface area contributed by atoms with Crippen LogP contribution in [0.25, 0.3) is 0 Å². The van der Waals surface area contributed by atoms with Crippen LogP contribution in [0, 0.1) is 0 Å². The van der Waals surface area contributed by atoms with E-state index in [1.54, 1.807) is 7.11 Å². The van der Waals surface area contributed by atoms with Crippen molar-refractivity contribution < 1.29 is 9.53 Å². The Kier molecular flexibility index (Phi) is 8.57. The third-order valence-electron chi connectivity index (χ3n) is 6.21. The number of unbranched alkanes of at least 4 members (excludes halogenated alkanes) is 2. The summed E-state index contributed by atoms with van der Waals surface area (Å²) in [6.07, 6.45) is 3.75. The number of para-hydroxylation sites is 2. The molecular formula is C27H39N3O2. The summed E-state index contributed by atoms with van der Waals surface area (Å²) in [5, 5.41) is 3.03. The summed E-state index contributed by atoms with van der Waals surface area (Å²) >= 11 is 0. The van der Waals surface area contributed by atoms with Crippen LogP contribution in [-0.2, 0) is 10.2 Å². The van der Waals surface area contributed by atoms with Gasteiger partial charge in [0, 0.05) is 38.3 Å². The van der Waals surface area contributed by atoms with Gasteiger partial charge in [-0.1, -0.05) is 51.5 Å². The molecule has 0 unspecified atom stereocenters. The molecule has 3 rings (SSSR count). The zero-order chi connectivity index (χ0) is 23.0. The van der Waals surface area contributed by atoms with Crippen molar-refractivity contribution in [3.05, 3.63) is 54.1 Å². The molecule has 1 heterocycles. The van der Waals surface area contributed by atoms with Gasteiger partial charge in [0.1, 0.15) is 5.75 Å². The molecule has 1 fully saturated rings. The summed E-state index contributed by atoms with van der Waals surface area (Å²) in [5.74, 6) is 1.06. The number of nitrogens with one attached hydrogen (secondary N) is 1. The first-order valence-electron chi connectivity index (χ1n) is 11.9. The molecule has 0 saturated carbocycles. The maximum absolute atomic E-state index is 12.2. The maximum Gasteiger partial charge on any atom is 0.224 e. The quantitative estimate of drug-likeness (QED) is 0.540. The molecule has 1 N–H and O–H groups in total. The summed E-state index contributed by atoms with van der Waals surface area (Å²) in [5.41, 5.74) is 3.48. The fourth-order valence-corrected chi connectivity index (χ4v) is 4.18. The highest BCUT2D eigenvalue weighted by Gasteiger charge is 2.19. The van der Waals surface area contributed by atoms with Crippen molar-refractivity contribution in [2.24, 2.45) is 0 Å². The lowest BCUT2D eigenvalue weighted by atomic mass is 9.87. The van der Waals surface area contributed by atoms with E-state index in [1.807, 2.05) is 24.3 Å². The number of hydrogen-bond acceptors (Lipinski definition) is 4. The molecule has 5 heteroatoms. The first kappa shape index (κ1) is 24.1. The monoisotopic (exact) mass is 437 g/mol. The van der Waals surface area contributed by atoms with Gasteiger partial charge in [-0.3, -0.25) is 9.69 Å². The number of carbonyl (C=O) groups is 1. The first-order valence-corrected chi connectivity index (χ1v) is 11.9. The van der Waals surface area contributed by atoms with E-state index in [-0.39, 0.29) is 11.3 Å². The standard InChI is InChI=1S/C27H39N3O2/c1-27(2,3)22-13-15-23(16-14-22)28-26(31)12-6-5-9-17-29-18-20-30(21-19-29)24-10-7-8-11-25(24)32-4/h7-8,10-11,13-16H,5-6,9,12,17-21H2,1-4H3,(H,28,31). The van der Waals surface area contributed by atoms with Gasteiger partial charge in [0.15, 0.2) is 0 Å². The van der Waals surface area contributed by atoms with Crippen LogP contribution >= 0.6 is 0 Å². The Bertz CT molecular complexity index is 850. The van der Waals surface area contributed by atoms with Gasteiger partial charge in [-0.15, -0.1) is 0 Å². The molecule has 1 aliphatic heterocycles. The highest BCUT2D eigenvalue weighted by Crippen LogP contribution is 2.28. The third kappa shape index (κ3) is 6.99. The summed E-state index contributed by atoms with van der Waals surface area (Å²) in [4.78, 5) is 17.2. The van der Waals surface area contributed by atoms with Gasteiger partial charge in [-0.05, 0) is 54.6 Å². The van der Waals surface area contributed by atoms with E-state index in [0.29, 0.717) is 6.42 Å². The predicted molar refractivity (Wildman–Crippen MR) is 134 cm³/mol. The molecule has 5 nitrogen and oxygen atoms in total. The van der Waals surface area contributed by atoms with Crippen molar-refractivity contribution in [1.29, 1.82) is 0 Å². The van der Waals surface area contributed by atoms with Crippen molar-refractivity contribution in [3.8, 4) is 5.75 Å². The fourth-order valence-electron chi connectivity index (χ4n) is 4.18. The van der Waals surface area contributed by atoms with Crippen LogP contribution in [-0.4, -0.2) is 50.6 Å². The van der Waals surface area contributed by atoms with Gasteiger partial charge in [-0.25, -0.2) is 0 Å². The molecule has 1 saturated heterocycles. The number of benzene rings is 2. The van der Waals surface area contributed by atoms with E-state index in [2.05, 4.69) is 60.2 Å². The van der Waals surface area contributed by atoms with Crippen molar-refractivity contribution in [1.82, 2.24) is 4.90 Å². The molecule has 32 heavy (non-hydrogen) atoms. The SMILES string of the molecule is COc1ccccc1N1CCN(CCCCCC(=O)Nc2ccc(C(C)(C)C)cc2)CC1.